The summed E-state index contributed by atoms with van der Waals surface area (Å²) in [6, 6.07) is 0.0702. The van der Waals surface area contributed by atoms with Crippen molar-refractivity contribution in [2.24, 2.45) is 5.84 Å². The molecule has 0 amide bonds. The van der Waals surface area contributed by atoms with Crippen LogP contribution in [0.25, 0.3) is 0 Å². The van der Waals surface area contributed by atoms with Gasteiger partial charge < -0.3 is 9.47 Å². The molecule has 0 aliphatic heterocycles. The van der Waals surface area contributed by atoms with Gasteiger partial charge in [-0.05, 0) is 27.2 Å². The lowest BCUT2D eigenvalue weighted by molar-refractivity contribution is -0.0281. The van der Waals surface area contributed by atoms with Crippen LogP contribution >= 0.6 is 0 Å². The van der Waals surface area contributed by atoms with E-state index in [-0.39, 0.29) is 11.6 Å². The Balaban J connectivity index is 3.58. The van der Waals surface area contributed by atoms with Crippen molar-refractivity contribution in [2.75, 3.05) is 19.8 Å². The Morgan fingerprint density at radius 2 is 1.93 bits per heavy atom. The van der Waals surface area contributed by atoms with Gasteiger partial charge in [0.05, 0.1) is 24.9 Å². The first-order valence-corrected chi connectivity index (χ1v) is 5.17. The minimum atomic E-state index is -0.125. The first-order valence-electron chi connectivity index (χ1n) is 5.17. The Kier molecular flexibility index (Phi) is 7.09. The number of nitrogens with one attached hydrogen (secondary N) is 1. The van der Waals surface area contributed by atoms with E-state index in [0.29, 0.717) is 13.2 Å². The van der Waals surface area contributed by atoms with E-state index >= 15 is 0 Å². The van der Waals surface area contributed by atoms with Gasteiger partial charge in [-0.25, -0.2) is 0 Å². The standard InChI is InChI=1S/C10H24N2O2/c1-5-6-13-7-9(12-11)8-14-10(2,3)4/h9,12H,5-8,11H2,1-4H3. The Bertz CT molecular complexity index is 135. The number of rotatable bonds is 7. The van der Waals surface area contributed by atoms with Gasteiger partial charge in [0.25, 0.3) is 0 Å². The summed E-state index contributed by atoms with van der Waals surface area (Å²) in [5, 5.41) is 0. The molecule has 0 aliphatic rings. The average Bonchev–Trinajstić information content (AvgIpc) is 2.09. The monoisotopic (exact) mass is 204 g/mol. The SMILES string of the molecule is CCCOCC(COC(C)(C)C)NN. The topological polar surface area (TPSA) is 56.5 Å². The summed E-state index contributed by atoms with van der Waals surface area (Å²) in [5.74, 6) is 5.37. The van der Waals surface area contributed by atoms with Gasteiger partial charge >= 0.3 is 0 Å². The fourth-order valence-electron chi connectivity index (χ4n) is 0.865. The van der Waals surface area contributed by atoms with Crippen LogP contribution in [0.3, 0.4) is 0 Å². The highest BCUT2D eigenvalue weighted by atomic mass is 16.5. The molecule has 0 aromatic carbocycles. The van der Waals surface area contributed by atoms with E-state index in [1.54, 1.807) is 0 Å². The maximum absolute atomic E-state index is 5.59. The van der Waals surface area contributed by atoms with Crippen molar-refractivity contribution >= 4 is 0 Å². The number of hydrazine groups is 1. The molecule has 0 aliphatic carbocycles. The fraction of sp³-hybridized carbons (Fsp3) is 1.00. The molecule has 4 heteroatoms. The van der Waals surface area contributed by atoms with E-state index in [2.05, 4.69) is 12.3 Å². The van der Waals surface area contributed by atoms with E-state index < -0.39 is 0 Å². The lowest BCUT2D eigenvalue weighted by Crippen LogP contribution is -2.43. The van der Waals surface area contributed by atoms with Gasteiger partial charge in [0.1, 0.15) is 0 Å². The van der Waals surface area contributed by atoms with E-state index in [9.17, 15) is 0 Å². The second kappa shape index (κ2) is 7.17. The molecule has 0 radical (unpaired) electrons. The van der Waals surface area contributed by atoms with Crippen molar-refractivity contribution in [1.82, 2.24) is 5.43 Å². The van der Waals surface area contributed by atoms with Crippen molar-refractivity contribution in [3.8, 4) is 0 Å². The summed E-state index contributed by atoms with van der Waals surface area (Å²) >= 11 is 0. The third-order valence-corrected chi connectivity index (χ3v) is 1.62. The summed E-state index contributed by atoms with van der Waals surface area (Å²) in [6.45, 7) is 10.1. The molecule has 0 saturated carbocycles. The summed E-state index contributed by atoms with van der Waals surface area (Å²) in [6.07, 6.45) is 1.03. The van der Waals surface area contributed by atoms with Crippen LogP contribution in [0.4, 0.5) is 0 Å². The molecule has 1 unspecified atom stereocenters. The number of hydrogen-bond donors (Lipinski definition) is 2. The van der Waals surface area contributed by atoms with Crippen LogP contribution < -0.4 is 11.3 Å². The normalized spacial score (nSPS) is 14.4. The zero-order valence-corrected chi connectivity index (χ0v) is 9.80. The summed E-state index contributed by atoms with van der Waals surface area (Å²) in [7, 11) is 0. The van der Waals surface area contributed by atoms with Crippen LogP contribution in [0.5, 0.6) is 0 Å². The van der Waals surface area contributed by atoms with E-state index in [1.807, 2.05) is 20.8 Å². The number of nitrogens with two attached hydrogens (primary N) is 1. The molecular formula is C10H24N2O2. The van der Waals surface area contributed by atoms with Crippen LogP contribution in [-0.4, -0.2) is 31.5 Å². The van der Waals surface area contributed by atoms with Gasteiger partial charge in [-0.2, -0.15) is 0 Å². The van der Waals surface area contributed by atoms with Gasteiger partial charge in [0.2, 0.25) is 0 Å². The second-order valence-electron chi connectivity index (χ2n) is 4.36. The van der Waals surface area contributed by atoms with Crippen molar-refractivity contribution < 1.29 is 9.47 Å². The van der Waals surface area contributed by atoms with Crippen molar-refractivity contribution in [3.05, 3.63) is 0 Å². The maximum atomic E-state index is 5.59. The van der Waals surface area contributed by atoms with Gasteiger partial charge in [0.15, 0.2) is 0 Å². The van der Waals surface area contributed by atoms with Crippen molar-refractivity contribution in [3.63, 3.8) is 0 Å². The van der Waals surface area contributed by atoms with Crippen LogP contribution in [-0.2, 0) is 9.47 Å². The van der Waals surface area contributed by atoms with Crippen LogP contribution in [0, 0.1) is 0 Å². The largest absolute Gasteiger partial charge is 0.380 e. The molecule has 4 nitrogen and oxygen atoms in total. The molecule has 0 heterocycles. The van der Waals surface area contributed by atoms with Gasteiger partial charge in [-0.15, -0.1) is 0 Å². The molecule has 3 N–H and O–H groups in total. The summed E-state index contributed by atoms with van der Waals surface area (Å²) in [4.78, 5) is 0. The Morgan fingerprint density at radius 3 is 2.36 bits per heavy atom. The van der Waals surface area contributed by atoms with Gasteiger partial charge in [-0.3, -0.25) is 11.3 Å². The zero-order valence-electron chi connectivity index (χ0n) is 9.80. The van der Waals surface area contributed by atoms with Crippen LogP contribution in [0.1, 0.15) is 34.1 Å². The van der Waals surface area contributed by atoms with Crippen LogP contribution in [0.2, 0.25) is 0 Å². The Hall–Kier alpha value is -0.160. The molecule has 0 aromatic rings. The predicted octanol–water partition coefficient (Wildman–Crippen LogP) is 1.06. The number of ether oxygens (including phenoxy) is 2. The summed E-state index contributed by atoms with van der Waals surface area (Å²) < 4.78 is 11.0. The van der Waals surface area contributed by atoms with Crippen molar-refractivity contribution in [2.45, 2.75) is 45.8 Å². The van der Waals surface area contributed by atoms with Crippen molar-refractivity contribution in [1.29, 1.82) is 0 Å². The zero-order chi connectivity index (χ0) is 11.0. The second-order valence-corrected chi connectivity index (χ2v) is 4.36. The third-order valence-electron chi connectivity index (χ3n) is 1.62. The number of hydrogen-bond acceptors (Lipinski definition) is 4. The first kappa shape index (κ1) is 13.8. The molecule has 0 aromatic heterocycles. The van der Waals surface area contributed by atoms with Gasteiger partial charge in [-0.1, -0.05) is 6.92 Å². The average molecular weight is 204 g/mol. The highest BCUT2D eigenvalue weighted by Gasteiger charge is 2.14. The maximum Gasteiger partial charge on any atom is 0.0678 e. The predicted molar refractivity (Wildman–Crippen MR) is 57.9 cm³/mol. The lowest BCUT2D eigenvalue weighted by Gasteiger charge is -2.23. The first-order chi connectivity index (χ1) is 6.49. The molecule has 0 saturated heterocycles. The Morgan fingerprint density at radius 1 is 1.29 bits per heavy atom. The minimum Gasteiger partial charge on any atom is -0.380 e. The molecule has 0 bridgehead atoms. The molecule has 0 fully saturated rings. The lowest BCUT2D eigenvalue weighted by atomic mass is 10.2. The van der Waals surface area contributed by atoms with E-state index in [4.69, 9.17) is 15.3 Å². The highest BCUT2D eigenvalue weighted by Crippen LogP contribution is 2.06. The quantitative estimate of drug-likeness (QED) is 0.370. The molecule has 1 atom stereocenters. The van der Waals surface area contributed by atoms with E-state index in [0.717, 1.165) is 13.0 Å². The fourth-order valence-corrected chi connectivity index (χ4v) is 0.865. The Labute approximate surface area is 87.1 Å². The molecule has 0 rings (SSSR count). The summed E-state index contributed by atoms with van der Waals surface area (Å²) in [5.41, 5.74) is 2.56. The minimum absolute atomic E-state index is 0.0702. The molecular weight excluding hydrogens is 180 g/mol. The smallest absolute Gasteiger partial charge is 0.0678 e. The van der Waals surface area contributed by atoms with E-state index in [1.165, 1.54) is 0 Å². The van der Waals surface area contributed by atoms with Gasteiger partial charge in [0, 0.05) is 6.61 Å². The van der Waals surface area contributed by atoms with Crippen LogP contribution in [0.15, 0.2) is 0 Å². The highest BCUT2D eigenvalue weighted by molar-refractivity contribution is 4.65. The molecule has 0 spiro atoms. The molecule has 14 heavy (non-hydrogen) atoms. The molecule has 86 valence electrons. The third kappa shape index (κ3) is 8.44.